The lowest BCUT2D eigenvalue weighted by Crippen LogP contribution is -2.21. The van der Waals surface area contributed by atoms with Crippen LogP contribution in [-0.4, -0.2) is 15.2 Å². The van der Waals surface area contributed by atoms with Crippen LogP contribution in [0.1, 0.15) is 34.6 Å². The molecule has 0 aromatic rings. The second-order valence-corrected chi connectivity index (χ2v) is 6.13. The summed E-state index contributed by atoms with van der Waals surface area (Å²) in [5.74, 6) is 0.810. The average Bonchev–Trinajstić information content (AvgIpc) is 1.60. The van der Waals surface area contributed by atoms with Crippen LogP contribution in [0, 0.1) is 5.41 Å². The predicted molar refractivity (Wildman–Crippen MR) is 47.6 cm³/mol. The molecule has 2 heteroatoms. The van der Waals surface area contributed by atoms with Crippen LogP contribution in [0.4, 0.5) is 0 Å². The van der Waals surface area contributed by atoms with E-state index < -0.39 is 10.8 Å². The molecular weight excluding hydrogens is 144 g/mol. The molecule has 62 valence electrons. The third kappa shape index (κ3) is 4.98. The molecule has 0 aliphatic rings. The second-order valence-electron chi connectivity index (χ2n) is 4.13. The number of hydrogen-bond donors (Lipinski definition) is 0. The molecule has 0 radical (unpaired) electrons. The Morgan fingerprint density at radius 3 is 1.80 bits per heavy atom. The lowest BCUT2D eigenvalue weighted by molar-refractivity contribution is 0.473. The summed E-state index contributed by atoms with van der Waals surface area (Å²) >= 11 is 0. The molecule has 1 unspecified atom stereocenters. The van der Waals surface area contributed by atoms with Crippen LogP contribution in [0.3, 0.4) is 0 Å². The van der Waals surface area contributed by atoms with Gasteiger partial charge >= 0.3 is 0 Å². The highest BCUT2D eigenvalue weighted by atomic mass is 32.2. The molecule has 0 heterocycles. The minimum absolute atomic E-state index is 0.204. The average molecular weight is 162 g/mol. The summed E-state index contributed by atoms with van der Waals surface area (Å²) in [6, 6.07) is 0. The highest BCUT2D eigenvalue weighted by Gasteiger charge is 2.16. The normalized spacial score (nSPS) is 15.8. The lowest BCUT2D eigenvalue weighted by atomic mass is 10.0. The molecule has 0 saturated carbocycles. The summed E-state index contributed by atoms with van der Waals surface area (Å²) in [5.41, 5.74) is 0.204. The first-order chi connectivity index (χ1) is 4.33. The molecule has 1 nitrogen and oxygen atoms in total. The monoisotopic (exact) mass is 162 g/mol. The number of rotatable bonds is 2. The lowest BCUT2D eigenvalue weighted by Gasteiger charge is -2.18. The Morgan fingerprint density at radius 2 is 1.70 bits per heavy atom. The first-order valence-corrected chi connectivity index (χ1v) is 5.08. The van der Waals surface area contributed by atoms with Crippen molar-refractivity contribution in [1.29, 1.82) is 0 Å². The molecule has 0 fully saturated rings. The van der Waals surface area contributed by atoms with Gasteiger partial charge in [-0.05, 0) is 5.41 Å². The summed E-state index contributed by atoms with van der Waals surface area (Å²) in [6.07, 6.45) is 0. The Hall–Kier alpha value is 0.150. The summed E-state index contributed by atoms with van der Waals surface area (Å²) in [5, 5.41) is 0.305. The zero-order chi connectivity index (χ0) is 8.36. The van der Waals surface area contributed by atoms with E-state index in [0.717, 1.165) is 5.75 Å². The van der Waals surface area contributed by atoms with Crippen molar-refractivity contribution in [3.05, 3.63) is 0 Å². The SMILES string of the molecule is CC(C)S(=O)CC(C)(C)C. The van der Waals surface area contributed by atoms with Crippen molar-refractivity contribution < 1.29 is 4.21 Å². The number of hydrogen-bond acceptors (Lipinski definition) is 1. The van der Waals surface area contributed by atoms with Gasteiger partial charge in [-0.15, -0.1) is 0 Å². The van der Waals surface area contributed by atoms with E-state index >= 15 is 0 Å². The zero-order valence-corrected chi connectivity index (χ0v) is 8.42. The van der Waals surface area contributed by atoms with Crippen molar-refractivity contribution in [2.24, 2.45) is 5.41 Å². The second kappa shape index (κ2) is 3.51. The van der Waals surface area contributed by atoms with Gasteiger partial charge in [-0.3, -0.25) is 4.21 Å². The van der Waals surface area contributed by atoms with E-state index in [4.69, 9.17) is 0 Å². The van der Waals surface area contributed by atoms with Crippen molar-refractivity contribution in [3.8, 4) is 0 Å². The van der Waals surface area contributed by atoms with Gasteiger partial charge in [-0.2, -0.15) is 0 Å². The van der Waals surface area contributed by atoms with E-state index in [2.05, 4.69) is 20.8 Å². The largest absolute Gasteiger partial charge is 0.259 e. The summed E-state index contributed by atoms with van der Waals surface area (Å²) in [6.45, 7) is 10.4. The topological polar surface area (TPSA) is 17.1 Å². The van der Waals surface area contributed by atoms with Gasteiger partial charge in [0.1, 0.15) is 0 Å². The molecule has 0 aliphatic carbocycles. The summed E-state index contributed by atoms with van der Waals surface area (Å²) in [7, 11) is -0.641. The van der Waals surface area contributed by atoms with Crippen LogP contribution in [0.25, 0.3) is 0 Å². The van der Waals surface area contributed by atoms with E-state index in [1.807, 2.05) is 13.8 Å². The molecule has 0 saturated heterocycles. The molecule has 0 aromatic heterocycles. The van der Waals surface area contributed by atoms with Gasteiger partial charge in [0.2, 0.25) is 0 Å². The van der Waals surface area contributed by atoms with Gasteiger partial charge in [0.05, 0.1) is 0 Å². The van der Waals surface area contributed by atoms with Crippen LogP contribution in [-0.2, 0) is 10.8 Å². The Balaban J connectivity index is 3.81. The van der Waals surface area contributed by atoms with Crippen LogP contribution >= 0.6 is 0 Å². The fraction of sp³-hybridized carbons (Fsp3) is 1.00. The molecule has 0 rings (SSSR count). The van der Waals surface area contributed by atoms with Crippen LogP contribution < -0.4 is 0 Å². The first-order valence-electron chi connectivity index (χ1n) is 3.70. The molecule has 0 N–H and O–H groups in total. The quantitative estimate of drug-likeness (QED) is 0.608. The van der Waals surface area contributed by atoms with Gasteiger partial charge in [0.25, 0.3) is 0 Å². The van der Waals surface area contributed by atoms with Gasteiger partial charge in [0.15, 0.2) is 0 Å². The molecule has 0 spiro atoms. The van der Waals surface area contributed by atoms with Crippen LogP contribution in [0.2, 0.25) is 0 Å². The minimum Gasteiger partial charge on any atom is -0.259 e. The molecule has 0 bridgehead atoms. The van der Waals surface area contributed by atoms with Crippen molar-refractivity contribution in [1.82, 2.24) is 0 Å². The maximum Gasteiger partial charge on any atom is 0.0291 e. The highest BCUT2D eigenvalue weighted by molar-refractivity contribution is 7.85. The van der Waals surface area contributed by atoms with E-state index in [1.165, 1.54) is 0 Å². The summed E-state index contributed by atoms with van der Waals surface area (Å²) < 4.78 is 11.3. The zero-order valence-electron chi connectivity index (χ0n) is 7.60. The highest BCUT2D eigenvalue weighted by Crippen LogP contribution is 2.15. The van der Waals surface area contributed by atoms with E-state index in [-0.39, 0.29) is 5.41 Å². The van der Waals surface area contributed by atoms with Crippen LogP contribution in [0.15, 0.2) is 0 Å². The van der Waals surface area contributed by atoms with E-state index in [9.17, 15) is 4.21 Å². The van der Waals surface area contributed by atoms with Gasteiger partial charge in [-0.1, -0.05) is 34.6 Å². The fourth-order valence-corrected chi connectivity index (χ4v) is 1.78. The predicted octanol–water partition coefficient (Wildman–Crippen LogP) is 2.19. The van der Waals surface area contributed by atoms with Crippen molar-refractivity contribution in [2.45, 2.75) is 39.9 Å². The Bertz CT molecular complexity index is 122. The fourth-order valence-electron chi connectivity index (χ4n) is 0.593. The van der Waals surface area contributed by atoms with Gasteiger partial charge < -0.3 is 0 Å². The maximum atomic E-state index is 11.3. The molecular formula is C8H18OS. The Labute approximate surface area is 66.7 Å². The van der Waals surface area contributed by atoms with Crippen molar-refractivity contribution >= 4 is 10.8 Å². The molecule has 0 aromatic carbocycles. The van der Waals surface area contributed by atoms with Crippen LogP contribution in [0.5, 0.6) is 0 Å². The smallest absolute Gasteiger partial charge is 0.0291 e. The Kier molecular flexibility index (Phi) is 3.57. The van der Waals surface area contributed by atoms with Crippen molar-refractivity contribution in [3.63, 3.8) is 0 Å². The minimum atomic E-state index is -0.641. The molecule has 10 heavy (non-hydrogen) atoms. The third-order valence-corrected chi connectivity index (χ3v) is 3.30. The molecule has 0 amide bonds. The van der Waals surface area contributed by atoms with Gasteiger partial charge in [0, 0.05) is 21.8 Å². The first kappa shape index (κ1) is 10.2. The van der Waals surface area contributed by atoms with Gasteiger partial charge in [-0.25, -0.2) is 0 Å². The molecule has 1 atom stereocenters. The third-order valence-electron chi connectivity index (χ3n) is 1.10. The standard InChI is InChI=1S/C8H18OS/c1-7(2)10(9)6-8(3,4)5/h7H,6H2,1-5H3. The maximum absolute atomic E-state index is 11.3. The van der Waals surface area contributed by atoms with E-state index in [0.29, 0.717) is 5.25 Å². The van der Waals surface area contributed by atoms with Crippen molar-refractivity contribution in [2.75, 3.05) is 5.75 Å². The summed E-state index contributed by atoms with van der Waals surface area (Å²) in [4.78, 5) is 0. The Morgan fingerprint density at radius 1 is 1.30 bits per heavy atom. The molecule has 0 aliphatic heterocycles. The van der Waals surface area contributed by atoms with E-state index in [1.54, 1.807) is 0 Å².